The van der Waals surface area contributed by atoms with Gasteiger partial charge in [-0.1, -0.05) is 23.7 Å². The van der Waals surface area contributed by atoms with Gasteiger partial charge in [0.2, 0.25) is 0 Å². The number of imide groups is 2. The lowest BCUT2D eigenvalue weighted by Crippen LogP contribution is -2.54. The number of nitrogens with one attached hydrogen (secondary N) is 1. The molecule has 1 fully saturated rings. The van der Waals surface area contributed by atoms with E-state index in [1.165, 1.54) is 18.2 Å². The molecule has 1 N–H and O–H groups in total. The number of rotatable bonds is 3. The predicted octanol–water partition coefficient (Wildman–Crippen LogP) is 3.53. The topological polar surface area (TPSA) is 110 Å². The van der Waals surface area contributed by atoms with Crippen LogP contribution in [0.15, 0.2) is 42.0 Å². The molecule has 0 aromatic heterocycles. The molecule has 1 aliphatic rings. The van der Waals surface area contributed by atoms with Crippen molar-refractivity contribution in [3.05, 3.63) is 73.8 Å². The van der Waals surface area contributed by atoms with Crippen molar-refractivity contribution in [2.24, 2.45) is 0 Å². The maximum Gasteiger partial charge on any atom is 0.335 e. The van der Waals surface area contributed by atoms with Crippen LogP contribution in [-0.4, -0.2) is 22.8 Å². The van der Waals surface area contributed by atoms with Gasteiger partial charge in [-0.3, -0.25) is 25.0 Å². The van der Waals surface area contributed by atoms with Gasteiger partial charge in [-0.05, 0) is 54.8 Å². The van der Waals surface area contributed by atoms with E-state index in [2.05, 4.69) is 5.32 Å². The van der Waals surface area contributed by atoms with Crippen LogP contribution in [0.3, 0.4) is 0 Å². The molecule has 0 atom stereocenters. The molecule has 0 spiro atoms. The highest BCUT2D eigenvalue weighted by Crippen LogP contribution is 2.28. The fraction of sp³-hybridized carbons (Fsp3) is 0.105. The summed E-state index contributed by atoms with van der Waals surface area (Å²) in [6, 6.07) is 8.18. The number of nitro groups is 1. The number of barbiturate groups is 1. The lowest BCUT2D eigenvalue weighted by molar-refractivity contribution is -0.384. The minimum absolute atomic E-state index is 0.0707. The monoisotopic (exact) mass is 399 g/mol. The van der Waals surface area contributed by atoms with Gasteiger partial charge < -0.3 is 0 Å². The summed E-state index contributed by atoms with van der Waals surface area (Å²) >= 11 is 5.78. The predicted molar refractivity (Wildman–Crippen MR) is 103 cm³/mol. The van der Waals surface area contributed by atoms with E-state index in [0.717, 1.165) is 22.1 Å². The van der Waals surface area contributed by atoms with E-state index in [1.807, 2.05) is 19.9 Å². The number of carbonyl (C=O) groups excluding carboxylic acids is 3. The lowest BCUT2D eigenvalue weighted by atomic mass is 10.1. The number of halogens is 1. The van der Waals surface area contributed by atoms with Crippen LogP contribution in [0.5, 0.6) is 0 Å². The minimum atomic E-state index is -0.881. The second kappa shape index (κ2) is 7.24. The molecule has 1 aliphatic heterocycles. The highest BCUT2D eigenvalue weighted by molar-refractivity contribution is 6.39. The summed E-state index contributed by atoms with van der Waals surface area (Å²) in [5, 5.41) is 13.1. The number of aryl methyl sites for hydroxylation is 2. The van der Waals surface area contributed by atoms with Gasteiger partial charge in [0, 0.05) is 6.07 Å². The van der Waals surface area contributed by atoms with Crippen molar-refractivity contribution in [3.8, 4) is 0 Å². The Bertz CT molecular complexity index is 1060. The second-order valence-corrected chi connectivity index (χ2v) is 6.68. The van der Waals surface area contributed by atoms with Crippen LogP contribution in [0.1, 0.15) is 16.7 Å². The summed E-state index contributed by atoms with van der Waals surface area (Å²) in [5.74, 6) is -1.70. The molecular formula is C19H14ClN3O5. The molecular weight excluding hydrogens is 386 g/mol. The number of benzene rings is 2. The molecule has 0 saturated carbocycles. The number of carbonyl (C=O) groups is 3. The third-order valence-electron chi connectivity index (χ3n) is 4.04. The van der Waals surface area contributed by atoms with Crippen molar-refractivity contribution in [1.29, 1.82) is 0 Å². The number of amides is 4. The first kappa shape index (κ1) is 19.2. The van der Waals surface area contributed by atoms with Crippen LogP contribution in [0.4, 0.5) is 16.2 Å². The maximum absolute atomic E-state index is 12.9. The Balaban J connectivity index is 2.06. The molecule has 142 valence electrons. The first-order valence-corrected chi connectivity index (χ1v) is 8.49. The van der Waals surface area contributed by atoms with E-state index in [9.17, 15) is 24.5 Å². The lowest BCUT2D eigenvalue weighted by Gasteiger charge is -2.27. The standard InChI is InChI=1S/C19H14ClN3O5/c1-10-5-11(2)7-13(6-10)22-18(25)14(17(24)21-19(22)26)8-12-3-4-15(20)16(9-12)23(27)28/h3-9H,1-2H3,(H,21,24,26)/b14-8+. The Morgan fingerprint density at radius 1 is 1.07 bits per heavy atom. The van der Waals surface area contributed by atoms with Crippen molar-refractivity contribution in [3.63, 3.8) is 0 Å². The highest BCUT2D eigenvalue weighted by Gasteiger charge is 2.37. The number of nitro benzene ring substituents is 1. The van der Waals surface area contributed by atoms with Crippen molar-refractivity contribution in [1.82, 2.24) is 5.32 Å². The molecule has 28 heavy (non-hydrogen) atoms. The molecule has 9 heteroatoms. The molecule has 2 aromatic carbocycles. The summed E-state index contributed by atoms with van der Waals surface area (Å²) < 4.78 is 0. The molecule has 0 unspecified atom stereocenters. The van der Waals surface area contributed by atoms with Crippen molar-refractivity contribution < 1.29 is 19.3 Å². The molecule has 1 heterocycles. The molecule has 0 radical (unpaired) electrons. The van der Waals surface area contributed by atoms with Crippen molar-refractivity contribution in [2.45, 2.75) is 13.8 Å². The minimum Gasteiger partial charge on any atom is -0.273 e. The first-order chi connectivity index (χ1) is 13.2. The smallest absolute Gasteiger partial charge is 0.273 e. The quantitative estimate of drug-likeness (QED) is 0.367. The van der Waals surface area contributed by atoms with Gasteiger partial charge in [0.1, 0.15) is 10.6 Å². The zero-order chi connectivity index (χ0) is 20.6. The molecule has 8 nitrogen and oxygen atoms in total. The van der Waals surface area contributed by atoms with E-state index in [0.29, 0.717) is 5.69 Å². The van der Waals surface area contributed by atoms with E-state index in [1.54, 1.807) is 12.1 Å². The molecule has 0 aliphatic carbocycles. The average Bonchev–Trinajstić information content (AvgIpc) is 2.58. The van der Waals surface area contributed by atoms with Gasteiger partial charge in [-0.15, -0.1) is 0 Å². The van der Waals surface area contributed by atoms with Gasteiger partial charge in [0.05, 0.1) is 10.6 Å². The van der Waals surface area contributed by atoms with E-state index in [4.69, 9.17) is 11.6 Å². The van der Waals surface area contributed by atoms with Gasteiger partial charge in [0.15, 0.2) is 0 Å². The summed E-state index contributed by atoms with van der Waals surface area (Å²) in [6.07, 6.45) is 1.18. The number of anilines is 1. The van der Waals surface area contributed by atoms with Crippen LogP contribution in [0.25, 0.3) is 6.08 Å². The maximum atomic E-state index is 12.9. The van der Waals surface area contributed by atoms with Crippen molar-refractivity contribution in [2.75, 3.05) is 4.90 Å². The van der Waals surface area contributed by atoms with Crippen LogP contribution in [0.2, 0.25) is 5.02 Å². The van der Waals surface area contributed by atoms with Crippen LogP contribution < -0.4 is 10.2 Å². The Labute approximate surface area is 164 Å². The van der Waals surface area contributed by atoms with Crippen LogP contribution in [0, 0.1) is 24.0 Å². The summed E-state index contributed by atoms with van der Waals surface area (Å²) in [6.45, 7) is 3.63. The largest absolute Gasteiger partial charge is 0.335 e. The number of nitrogens with zero attached hydrogens (tertiary/aromatic N) is 2. The van der Waals surface area contributed by atoms with Crippen LogP contribution in [-0.2, 0) is 9.59 Å². The van der Waals surface area contributed by atoms with Gasteiger partial charge in [-0.2, -0.15) is 0 Å². The number of urea groups is 1. The van der Waals surface area contributed by atoms with E-state index >= 15 is 0 Å². The SMILES string of the molecule is Cc1cc(C)cc(N2C(=O)NC(=O)/C(=C\c3ccc(Cl)c([N+](=O)[O-])c3)C2=O)c1. The molecule has 3 rings (SSSR count). The third kappa shape index (κ3) is 3.63. The molecule has 4 amide bonds. The Morgan fingerprint density at radius 3 is 2.32 bits per heavy atom. The first-order valence-electron chi connectivity index (χ1n) is 8.11. The summed E-state index contributed by atoms with van der Waals surface area (Å²) in [7, 11) is 0. The fourth-order valence-electron chi connectivity index (χ4n) is 2.90. The zero-order valence-corrected chi connectivity index (χ0v) is 15.6. The van der Waals surface area contributed by atoms with Gasteiger partial charge in [0.25, 0.3) is 17.5 Å². The number of hydrogen-bond acceptors (Lipinski definition) is 5. The zero-order valence-electron chi connectivity index (χ0n) is 14.9. The average molecular weight is 400 g/mol. The normalized spacial score (nSPS) is 15.8. The van der Waals surface area contributed by atoms with Gasteiger partial charge in [-0.25, -0.2) is 9.69 Å². The Hall–Kier alpha value is -3.52. The highest BCUT2D eigenvalue weighted by atomic mass is 35.5. The second-order valence-electron chi connectivity index (χ2n) is 6.27. The van der Waals surface area contributed by atoms with Crippen LogP contribution >= 0.6 is 11.6 Å². The third-order valence-corrected chi connectivity index (χ3v) is 4.36. The Kier molecular flexibility index (Phi) is 4.98. The van der Waals surface area contributed by atoms with Gasteiger partial charge >= 0.3 is 6.03 Å². The molecule has 0 bridgehead atoms. The Morgan fingerprint density at radius 2 is 1.71 bits per heavy atom. The summed E-state index contributed by atoms with van der Waals surface area (Å²) in [5.41, 5.74) is 1.54. The number of hydrogen-bond donors (Lipinski definition) is 1. The molecule has 1 saturated heterocycles. The fourth-order valence-corrected chi connectivity index (χ4v) is 3.08. The van der Waals surface area contributed by atoms with E-state index in [-0.39, 0.29) is 21.8 Å². The van der Waals surface area contributed by atoms with Crippen molar-refractivity contribution >= 4 is 46.9 Å². The molecule has 2 aromatic rings. The summed E-state index contributed by atoms with van der Waals surface area (Å²) in [4.78, 5) is 48.6. The van der Waals surface area contributed by atoms with E-state index < -0.39 is 22.8 Å².